The predicted octanol–water partition coefficient (Wildman–Crippen LogP) is 2.10. The van der Waals surface area contributed by atoms with E-state index < -0.39 is 18.3 Å². The third-order valence-corrected chi connectivity index (χ3v) is 3.97. The van der Waals surface area contributed by atoms with Crippen molar-refractivity contribution in [2.45, 2.75) is 45.3 Å². The first-order valence-corrected chi connectivity index (χ1v) is 6.51. The summed E-state index contributed by atoms with van der Waals surface area (Å²) in [6.45, 7) is 7.94. The SMILES string of the molecule is CC1(C)OB(c2cc(Cl)ncc2CC#N)OC1(C)C. The van der Waals surface area contributed by atoms with Crippen molar-refractivity contribution in [1.29, 1.82) is 5.26 Å². The molecular formula is C13H16BClN2O2. The van der Waals surface area contributed by atoms with Crippen LogP contribution in [0.2, 0.25) is 5.15 Å². The summed E-state index contributed by atoms with van der Waals surface area (Å²) in [6, 6.07) is 3.82. The van der Waals surface area contributed by atoms with Crippen LogP contribution in [0.25, 0.3) is 0 Å². The molecule has 0 radical (unpaired) electrons. The van der Waals surface area contributed by atoms with Gasteiger partial charge in [-0.3, -0.25) is 0 Å². The Morgan fingerprint density at radius 1 is 1.32 bits per heavy atom. The normalized spacial score (nSPS) is 20.3. The van der Waals surface area contributed by atoms with E-state index in [9.17, 15) is 0 Å². The zero-order valence-electron chi connectivity index (χ0n) is 11.5. The second-order valence-corrected chi connectivity index (χ2v) is 6.02. The zero-order valence-corrected chi connectivity index (χ0v) is 12.3. The van der Waals surface area contributed by atoms with E-state index in [2.05, 4.69) is 11.1 Å². The minimum absolute atomic E-state index is 0.254. The molecule has 0 N–H and O–H groups in total. The third kappa shape index (κ3) is 2.62. The van der Waals surface area contributed by atoms with Crippen LogP contribution < -0.4 is 5.46 Å². The summed E-state index contributed by atoms with van der Waals surface area (Å²) in [5.74, 6) is 0. The van der Waals surface area contributed by atoms with Crippen LogP contribution in [0.4, 0.5) is 0 Å². The molecule has 2 rings (SSSR count). The number of halogens is 1. The van der Waals surface area contributed by atoms with E-state index in [0.29, 0.717) is 5.15 Å². The Kier molecular flexibility index (Phi) is 3.61. The molecule has 1 saturated heterocycles. The summed E-state index contributed by atoms with van der Waals surface area (Å²) in [6.07, 6.45) is 1.86. The number of aromatic nitrogens is 1. The Morgan fingerprint density at radius 3 is 2.42 bits per heavy atom. The van der Waals surface area contributed by atoms with E-state index in [0.717, 1.165) is 11.0 Å². The molecule has 6 heteroatoms. The summed E-state index contributed by atoms with van der Waals surface area (Å²) in [7, 11) is -0.520. The van der Waals surface area contributed by atoms with Gasteiger partial charge >= 0.3 is 7.12 Å². The lowest BCUT2D eigenvalue weighted by Crippen LogP contribution is -2.41. The van der Waals surface area contributed by atoms with Crippen LogP contribution in [0.5, 0.6) is 0 Å². The van der Waals surface area contributed by atoms with Crippen molar-refractivity contribution in [3.8, 4) is 6.07 Å². The fourth-order valence-electron chi connectivity index (χ4n) is 1.89. The smallest absolute Gasteiger partial charge is 0.399 e. The molecule has 0 aromatic carbocycles. The highest BCUT2D eigenvalue weighted by molar-refractivity contribution is 6.63. The van der Waals surface area contributed by atoms with Gasteiger partial charge in [0.05, 0.1) is 23.7 Å². The molecular weight excluding hydrogens is 262 g/mol. The van der Waals surface area contributed by atoms with Crippen molar-refractivity contribution in [3.63, 3.8) is 0 Å². The summed E-state index contributed by atoms with van der Waals surface area (Å²) in [5, 5.41) is 9.24. The lowest BCUT2D eigenvalue weighted by atomic mass is 9.76. The minimum atomic E-state index is -0.520. The third-order valence-electron chi connectivity index (χ3n) is 3.77. The molecule has 4 nitrogen and oxygen atoms in total. The average molecular weight is 279 g/mol. The molecule has 1 fully saturated rings. The minimum Gasteiger partial charge on any atom is -0.399 e. The maximum absolute atomic E-state index is 8.87. The van der Waals surface area contributed by atoms with Gasteiger partial charge in [-0.25, -0.2) is 4.98 Å². The van der Waals surface area contributed by atoms with E-state index in [1.54, 1.807) is 12.3 Å². The first kappa shape index (κ1) is 14.3. The van der Waals surface area contributed by atoms with Crippen molar-refractivity contribution in [3.05, 3.63) is 23.0 Å². The Bertz CT molecular complexity index is 524. The molecule has 1 aliphatic rings. The van der Waals surface area contributed by atoms with Gasteiger partial charge in [0.15, 0.2) is 0 Å². The number of nitriles is 1. The van der Waals surface area contributed by atoms with Crippen LogP contribution in [0.1, 0.15) is 33.3 Å². The van der Waals surface area contributed by atoms with Gasteiger partial charge < -0.3 is 9.31 Å². The molecule has 0 bridgehead atoms. The molecule has 2 heterocycles. The molecule has 0 amide bonds. The molecule has 1 aliphatic heterocycles. The molecule has 1 aromatic rings. The van der Waals surface area contributed by atoms with Crippen molar-refractivity contribution < 1.29 is 9.31 Å². The molecule has 1 aromatic heterocycles. The van der Waals surface area contributed by atoms with Crippen molar-refractivity contribution in [1.82, 2.24) is 4.98 Å². The second kappa shape index (κ2) is 4.79. The number of hydrogen-bond acceptors (Lipinski definition) is 4. The van der Waals surface area contributed by atoms with Gasteiger partial charge in [-0.2, -0.15) is 5.26 Å². The largest absolute Gasteiger partial charge is 0.495 e. The highest BCUT2D eigenvalue weighted by atomic mass is 35.5. The number of hydrogen-bond donors (Lipinski definition) is 0. The fourth-order valence-corrected chi connectivity index (χ4v) is 2.06. The quantitative estimate of drug-likeness (QED) is 0.614. The van der Waals surface area contributed by atoms with Crippen LogP contribution in [-0.4, -0.2) is 23.3 Å². The van der Waals surface area contributed by atoms with Crippen molar-refractivity contribution >= 4 is 24.2 Å². The molecule has 0 atom stereocenters. The highest BCUT2D eigenvalue weighted by Gasteiger charge is 2.52. The molecule has 0 aliphatic carbocycles. The van der Waals surface area contributed by atoms with E-state index in [4.69, 9.17) is 26.2 Å². The first-order valence-electron chi connectivity index (χ1n) is 6.14. The van der Waals surface area contributed by atoms with E-state index in [1.807, 2.05) is 27.7 Å². The van der Waals surface area contributed by atoms with Gasteiger partial charge in [0.25, 0.3) is 0 Å². The van der Waals surface area contributed by atoms with Gasteiger partial charge in [-0.05, 0) is 44.8 Å². The van der Waals surface area contributed by atoms with Crippen LogP contribution >= 0.6 is 11.6 Å². The van der Waals surface area contributed by atoms with Crippen LogP contribution in [-0.2, 0) is 15.7 Å². The fraction of sp³-hybridized carbons (Fsp3) is 0.538. The van der Waals surface area contributed by atoms with E-state index in [-0.39, 0.29) is 6.42 Å². The van der Waals surface area contributed by atoms with Gasteiger partial charge in [0, 0.05) is 6.20 Å². The molecule has 0 spiro atoms. The molecule has 0 saturated carbocycles. The van der Waals surface area contributed by atoms with Gasteiger partial charge in [-0.1, -0.05) is 11.6 Å². The average Bonchev–Trinajstić information content (AvgIpc) is 2.51. The summed E-state index contributed by atoms with van der Waals surface area (Å²) in [5.41, 5.74) is 0.722. The van der Waals surface area contributed by atoms with E-state index >= 15 is 0 Å². The number of nitrogens with zero attached hydrogens (tertiary/aromatic N) is 2. The number of pyridine rings is 1. The summed E-state index contributed by atoms with van der Waals surface area (Å²) in [4.78, 5) is 4.01. The van der Waals surface area contributed by atoms with Crippen LogP contribution in [0.3, 0.4) is 0 Å². The number of rotatable bonds is 2. The lowest BCUT2D eigenvalue weighted by Gasteiger charge is -2.32. The Morgan fingerprint density at radius 2 is 1.89 bits per heavy atom. The molecule has 19 heavy (non-hydrogen) atoms. The highest BCUT2D eigenvalue weighted by Crippen LogP contribution is 2.36. The maximum atomic E-state index is 8.87. The van der Waals surface area contributed by atoms with Crippen molar-refractivity contribution in [2.75, 3.05) is 0 Å². The van der Waals surface area contributed by atoms with Gasteiger partial charge in [0.2, 0.25) is 0 Å². The Balaban J connectivity index is 2.39. The first-order chi connectivity index (χ1) is 8.77. The topological polar surface area (TPSA) is 55.1 Å². The predicted molar refractivity (Wildman–Crippen MR) is 74.3 cm³/mol. The standard InChI is InChI=1S/C13H16BClN2O2/c1-12(2)13(3,4)19-14(18-12)10-7-11(15)17-8-9(10)5-6-16/h7-8H,5H2,1-4H3. The Hall–Kier alpha value is -1.09. The maximum Gasteiger partial charge on any atom is 0.495 e. The molecule has 100 valence electrons. The van der Waals surface area contributed by atoms with Crippen LogP contribution in [0, 0.1) is 11.3 Å². The lowest BCUT2D eigenvalue weighted by molar-refractivity contribution is 0.00578. The summed E-state index contributed by atoms with van der Waals surface area (Å²) < 4.78 is 11.9. The zero-order chi connectivity index (χ0) is 14.3. The second-order valence-electron chi connectivity index (χ2n) is 5.63. The van der Waals surface area contributed by atoms with Crippen LogP contribution in [0.15, 0.2) is 12.3 Å². The van der Waals surface area contributed by atoms with Crippen molar-refractivity contribution in [2.24, 2.45) is 0 Å². The Labute approximate surface area is 118 Å². The van der Waals surface area contributed by atoms with E-state index in [1.165, 1.54) is 0 Å². The van der Waals surface area contributed by atoms with Gasteiger partial charge in [-0.15, -0.1) is 0 Å². The monoisotopic (exact) mass is 278 g/mol. The summed E-state index contributed by atoms with van der Waals surface area (Å²) >= 11 is 5.93. The molecule has 0 unspecified atom stereocenters. The van der Waals surface area contributed by atoms with Gasteiger partial charge in [0.1, 0.15) is 5.15 Å².